The van der Waals surface area contributed by atoms with Gasteiger partial charge in [-0.25, -0.2) is 0 Å². The maximum absolute atomic E-state index is 11.5. The lowest BCUT2D eigenvalue weighted by Crippen LogP contribution is -2.53. The van der Waals surface area contributed by atoms with E-state index >= 15 is 0 Å². The zero-order chi connectivity index (χ0) is 16.4. The summed E-state index contributed by atoms with van der Waals surface area (Å²) in [4.78, 5) is 18.6. The van der Waals surface area contributed by atoms with Gasteiger partial charge in [0.1, 0.15) is 0 Å². The SMILES string of the molecule is CC(=O)N1CCN([C@@H]2CN(CCc3cnn(C)c3)C[C@H]2C)CC1. The number of hydrogen-bond donors (Lipinski definition) is 0. The van der Waals surface area contributed by atoms with E-state index in [0.717, 1.165) is 45.7 Å². The molecule has 2 atom stereocenters. The Labute approximate surface area is 139 Å². The van der Waals surface area contributed by atoms with Crippen molar-refractivity contribution in [3.63, 3.8) is 0 Å². The predicted molar refractivity (Wildman–Crippen MR) is 90.1 cm³/mol. The first-order valence-corrected chi connectivity index (χ1v) is 8.72. The number of likely N-dealkylation sites (tertiary alicyclic amines) is 1. The molecule has 0 aliphatic carbocycles. The van der Waals surface area contributed by atoms with E-state index in [9.17, 15) is 4.79 Å². The Kier molecular flexibility index (Phi) is 5.02. The van der Waals surface area contributed by atoms with Crippen LogP contribution in [0.5, 0.6) is 0 Å². The van der Waals surface area contributed by atoms with Crippen molar-refractivity contribution in [1.82, 2.24) is 24.5 Å². The molecule has 0 bridgehead atoms. The Morgan fingerprint density at radius 1 is 1.26 bits per heavy atom. The summed E-state index contributed by atoms with van der Waals surface area (Å²) in [6.07, 6.45) is 5.15. The summed E-state index contributed by atoms with van der Waals surface area (Å²) in [7, 11) is 1.97. The molecule has 2 saturated heterocycles. The zero-order valence-electron chi connectivity index (χ0n) is 14.6. The summed E-state index contributed by atoms with van der Waals surface area (Å²) in [5, 5.41) is 4.24. The first kappa shape index (κ1) is 16.5. The third-order valence-corrected chi connectivity index (χ3v) is 5.35. The molecule has 2 aliphatic heterocycles. The lowest BCUT2D eigenvalue weighted by atomic mass is 10.0. The molecule has 3 heterocycles. The molecule has 3 rings (SSSR count). The van der Waals surface area contributed by atoms with Crippen LogP contribution in [0.4, 0.5) is 0 Å². The van der Waals surface area contributed by atoms with Gasteiger partial charge in [-0.3, -0.25) is 14.4 Å². The van der Waals surface area contributed by atoms with Crippen molar-refractivity contribution < 1.29 is 4.79 Å². The van der Waals surface area contributed by atoms with Crippen molar-refractivity contribution in [1.29, 1.82) is 0 Å². The maximum Gasteiger partial charge on any atom is 0.219 e. The second-order valence-corrected chi connectivity index (χ2v) is 7.12. The number of carbonyl (C=O) groups excluding carboxylic acids is 1. The number of piperazine rings is 1. The van der Waals surface area contributed by atoms with E-state index in [2.05, 4.69) is 28.0 Å². The largest absolute Gasteiger partial charge is 0.340 e. The van der Waals surface area contributed by atoms with Gasteiger partial charge in [-0.15, -0.1) is 0 Å². The number of hydrogen-bond acceptors (Lipinski definition) is 4. The summed E-state index contributed by atoms with van der Waals surface area (Å²) in [5.41, 5.74) is 1.32. The minimum Gasteiger partial charge on any atom is -0.340 e. The van der Waals surface area contributed by atoms with Crippen molar-refractivity contribution in [2.24, 2.45) is 13.0 Å². The van der Waals surface area contributed by atoms with Gasteiger partial charge in [0, 0.05) is 72.0 Å². The number of rotatable bonds is 4. The van der Waals surface area contributed by atoms with E-state index in [1.165, 1.54) is 12.1 Å². The molecule has 0 aromatic carbocycles. The first-order chi connectivity index (χ1) is 11.0. The summed E-state index contributed by atoms with van der Waals surface area (Å²) in [6, 6.07) is 0.637. The van der Waals surface area contributed by atoms with Gasteiger partial charge in [0.25, 0.3) is 0 Å². The third-order valence-electron chi connectivity index (χ3n) is 5.35. The van der Waals surface area contributed by atoms with Crippen LogP contribution >= 0.6 is 0 Å². The average Bonchev–Trinajstić information content (AvgIpc) is 3.11. The van der Waals surface area contributed by atoms with Gasteiger partial charge < -0.3 is 9.80 Å². The highest BCUT2D eigenvalue weighted by Gasteiger charge is 2.35. The number of carbonyl (C=O) groups is 1. The molecule has 6 nitrogen and oxygen atoms in total. The smallest absolute Gasteiger partial charge is 0.219 e. The standard InChI is InChI=1S/C17H29N5O/c1-14-11-20(5-4-16-10-18-19(3)12-16)13-17(14)22-8-6-21(7-9-22)15(2)23/h10,12,14,17H,4-9,11,13H2,1-3H3/t14-,17-/m1/s1. The van der Waals surface area contributed by atoms with Gasteiger partial charge in [-0.2, -0.15) is 5.10 Å². The quantitative estimate of drug-likeness (QED) is 0.808. The first-order valence-electron chi connectivity index (χ1n) is 8.72. The summed E-state index contributed by atoms with van der Waals surface area (Å²) < 4.78 is 1.87. The van der Waals surface area contributed by atoms with Crippen molar-refractivity contribution in [2.45, 2.75) is 26.3 Å². The fourth-order valence-electron chi connectivity index (χ4n) is 3.96. The number of aryl methyl sites for hydroxylation is 1. The normalized spacial score (nSPS) is 26.8. The van der Waals surface area contributed by atoms with E-state index in [0.29, 0.717) is 12.0 Å². The minimum atomic E-state index is 0.210. The Hall–Kier alpha value is -1.40. The van der Waals surface area contributed by atoms with Crippen molar-refractivity contribution in [2.75, 3.05) is 45.8 Å². The fraction of sp³-hybridized carbons (Fsp3) is 0.765. The Balaban J connectivity index is 1.48. The summed E-state index contributed by atoms with van der Waals surface area (Å²) in [5.74, 6) is 0.912. The lowest BCUT2D eigenvalue weighted by Gasteiger charge is -2.39. The molecule has 1 amide bonds. The highest BCUT2D eigenvalue weighted by Crippen LogP contribution is 2.23. The van der Waals surface area contributed by atoms with Crippen molar-refractivity contribution >= 4 is 5.91 Å². The van der Waals surface area contributed by atoms with Gasteiger partial charge >= 0.3 is 0 Å². The van der Waals surface area contributed by atoms with Gasteiger partial charge in [-0.1, -0.05) is 6.92 Å². The van der Waals surface area contributed by atoms with Crippen LogP contribution in [0.1, 0.15) is 19.4 Å². The zero-order valence-corrected chi connectivity index (χ0v) is 14.6. The topological polar surface area (TPSA) is 44.6 Å². The van der Waals surface area contributed by atoms with Crippen LogP contribution in [0.2, 0.25) is 0 Å². The molecule has 6 heteroatoms. The molecule has 0 radical (unpaired) electrons. The molecule has 2 aliphatic rings. The maximum atomic E-state index is 11.5. The van der Waals surface area contributed by atoms with Crippen LogP contribution in [0.3, 0.4) is 0 Å². The summed E-state index contributed by atoms with van der Waals surface area (Å²) >= 11 is 0. The Morgan fingerprint density at radius 2 is 2.00 bits per heavy atom. The second kappa shape index (κ2) is 7.01. The van der Waals surface area contributed by atoms with E-state index in [4.69, 9.17) is 0 Å². The molecular formula is C17H29N5O. The summed E-state index contributed by atoms with van der Waals surface area (Å²) in [6.45, 7) is 11.3. The second-order valence-electron chi connectivity index (χ2n) is 7.12. The van der Waals surface area contributed by atoms with Crippen molar-refractivity contribution in [3.8, 4) is 0 Å². The van der Waals surface area contributed by atoms with E-state index < -0.39 is 0 Å². The van der Waals surface area contributed by atoms with Gasteiger partial charge in [0.15, 0.2) is 0 Å². The van der Waals surface area contributed by atoms with E-state index in [1.54, 1.807) is 6.92 Å². The molecule has 0 N–H and O–H groups in total. The van der Waals surface area contributed by atoms with Crippen LogP contribution in [0.25, 0.3) is 0 Å². The molecule has 23 heavy (non-hydrogen) atoms. The molecule has 1 aromatic heterocycles. The highest BCUT2D eigenvalue weighted by molar-refractivity contribution is 5.73. The predicted octanol–water partition coefficient (Wildman–Crippen LogP) is 0.447. The average molecular weight is 319 g/mol. The molecule has 1 aromatic rings. The van der Waals surface area contributed by atoms with Gasteiger partial charge in [0.05, 0.1) is 6.20 Å². The number of amides is 1. The minimum absolute atomic E-state index is 0.210. The Morgan fingerprint density at radius 3 is 2.61 bits per heavy atom. The van der Waals surface area contributed by atoms with Gasteiger partial charge in [-0.05, 0) is 17.9 Å². The van der Waals surface area contributed by atoms with Crippen LogP contribution in [0.15, 0.2) is 12.4 Å². The third kappa shape index (κ3) is 3.93. The Bertz CT molecular complexity index is 535. The molecule has 0 spiro atoms. The monoisotopic (exact) mass is 319 g/mol. The molecule has 128 valence electrons. The molecular weight excluding hydrogens is 290 g/mol. The molecule has 0 saturated carbocycles. The molecule has 2 fully saturated rings. The van der Waals surface area contributed by atoms with Crippen LogP contribution < -0.4 is 0 Å². The van der Waals surface area contributed by atoms with E-state index in [1.807, 2.05) is 22.8 Å². The van der Waals surface area contributed by atoms with Gasteiger partial charge in [0.2, 0.25) is 5.91 Å². The number of nitrogens with zero attached hydrogens (tertiary/aromatic N) is 5. The number of aromatic nitrogens is 2. The molecule has 0 unspecified atom stereocenters. The van der Waals surface area contributed by atoms with Crippen LogP contribution in [-0.4, -0.2) is 82.2 Å². The fourth-order valence-corrected chi connectivity index (χ4v) is 3.96. The van der Waals surface area contributed by atoms with Crippen LogP contribution in [-0.2, 0) is 18.3 Å². The highest BCUT2D eigenvalue weighted by atomic mass is 16.2. The van der Waals surface area contributed by atoms with E-state index in [-0.39, 0.29) is 5.91 Å². The van der Waals surface area contributed by atoms with Crippen LogP contribution in [0, 0.1) is 5.92 Å². The van der Waals surface area contributed by atoms with Crippen molar-refractivity contribution in [3.05, 3.63) is 18.0 Å². The lowest BCUT2D eigenvalue weighted by molar-refractivity contribution is -0.130.